The van der Waals surface area contributed by atoms with Gasteiger partial charge in [0, 0.05) is 43.8 Å². The molecule has 0 spiro atoms. The Morgan fingerprint density at radius 2 is 1.59 bits per heavy atom. The van der Waals surface area contributed by atoms with E-state index in [1.165, 1.54) is 16.8 Å². The summed E-state index contributed by atoms with van der Waals surface area (Å²) in [6, 6.07) is 18.9. The SMILES string of the molecule is Cc1ccc(C)c(Nc2ccnc(N3CCN(c4ccccc4)CC3)n2)c1. The molecule has 0 radical (unpaired) electrons. The van der Waals surface area contributed by atoms with Gasteiger partial charge in [-0.25, -0.2) is 4.98 Å². The first-order valence-electron chi connectivity index (χ1n) is 9.41. The summed E-state index contributed by atoms with van der Waals surface area (Å²) in [5.41, 5.74) is 4.81. The van der Waals surface area contributed by atoms with Crippen LogP contribution in [0.15, 0.2) is 60.8 Å². The molecule has 1 aromatic heterocycles. The zero-order chi connectivity index (χ0) is 18.6. The molecule has 1 saturated heterocycles. The van der Waals surface area contributed by atoms with Crippen LogP contribution in [0.2, 0.25) is 0 Å². The van der Waals surface area contributed by atoms with Gasteiger partial charge in [0.25, 0.3) is 0 Å². The smallest absolute Gasteiger partial charge is 0.227 e. The van der Waals surface area contributed by atoms with Crippen LogP contribution in [0.3, 0.4) is 0 Å². The van der Waals surface area contributed by atoms with Crippen molar-refractivity contribution in [2.24, 2.45) is 0 Å². The predicted molar refractivity (Wildman–Crippen MR) is 112 cm³/mol. The van der Waals surface area contributed by atoms with Gasteiger partial charge in [-0.05, 0) is 49.2 Å². The van der Waals surface area contributed by atoms with Gasteiger partial charge in [-0.3, -0.25) is 0 Å². The molecule has 1 aliphatic rings. The molecule has 0 bridgehead atoms. The largest absolute Gasteiger partial charge is 0.368 e. The van der Waals surface area contributed by atoms with Crippen LogP contribution in [0.1, 0.15) is 11.1 Å². The molecule has 3 aromatic rings. The molecule has 5 heteroatoms. The van der Waals surface area contributed by atoms with E-state index in [0.717, 1.165) is 43.6 Å². The minimum atomic E-state index is 0.790. The highest BCUT2D eigenvalue weighted by Crippen LogP contribution is 2.22. The lowest BCUT2D eigenvalue weighted by Gasteiger charge is -2.36. The van der Waals surface area contributed by atoms with Gasteiger partial charge >= 0.3 is 0 Å². The fraction of sp³-hybridized carbons (Fsp3) is 0.273. The average molecular weight is 359 g/mol. The summed E-state index contributed by atoms with van der Waals surface area (Å²) in [5, 5.41) is 3.44. The third-order valence-corrected chi connectivity index (χ3v) is 4.98. The van der Waals surface area contributed by atoms with Gasteiger partial charge in [-0.15, -0.1) is 0 Å². The standard InChI is InChI=1S/C22H25N5/c1-17-8-9-18(2)20(16-17)24-21-10-11-23-22(25-21)27-14-12-26(13-15-27)19-6-4-3-5-7-19/h3-11,16H,12-15H2,1-2H3,(H,23,24,25). The maximum atomic E-state index is 4.75. The second-order valence-corrected chi connectivity index (χ2v) is 6.99. The number of nitrogens with one attached hydrogen (secondary N) is 1. The zero-order valence-electron chi connectivity index (χ0n) is 15.9. The Hall–Kier alpha value is -3.08. The Kier molecular flexibility index (Phi) is 4.92. The number of aryl methyl sites for hydroxylation is 2. The first-order chi connectivity index (χ1) is 13.2. The number of hydrogen-bond acceptors (Lipinski definition) is 5. The summed E-state index contributed by atoms with van der Waals surface area (Å²) in [7, 11) is 0. The van der Waals surface area contributed by atoms with Crippen LogP contribution in [-0.2, 0) is 0 Å². The number of benzene rings is 2. The molecule has 0 aliphatic carbocycles. The molecule has 27 heavy (non-hydrogen) atoms. The average Bonchev–Trinajstić information content (AvgIpc) is 2.72. The number of anilines is 4. The maximum absolute atomic E-state index is 4.75. The molecule has 0 saturated carbocycles. The van der Waals surface area contributed by atoms with Crippen molar-refractivity contribution in [3.63, 3.8) is 0 Å². The fourth-order valence-corrected chi connectivity index (χ4v) is 3.38. The fourth-order valence-electron chi connectivity index (χ4n) is 3.38. The van der Waals surface area contributed by atoms with E-state index in [0.29, 0.717) is 0 Å². The first-order valence-corrected chi connectivity index (χ1v) is 9.41. The van der Waals surface area contributed by atoms with E-state index in [4.69, 9.17) is 4.98 Å². The first kappa shape index (κ1) is 17.3. The van der Waals surface area contributed by atoms with Gasteiger partial charge in [0.05, 0.1) is 0 Å². The number of hydrogen-bond donors (Lipinski definition) is 1. The van der Waals surface area contributed by atoms with Crippen LogP contribution >= 0.6 is 0 Å². The van der Waals surface area contributed by atoms with Gasteiger partial charge in [-0.2, -0.15) is 4.98 Å². The van der Waals surface area contributed by atoms with E-state index >= 15 is 0 Å². The van der Waals surface area contributed by atoms with Crippen LogP contribution in [0.25, 0.3) is 0 Å². The van der Waals surface area contributed by atoms with E-state index in [2.05, 4.69) is 82.5 Å². The van der Waals surface area contributed by atoms with Crippen molar-refractivity contribution in [1.82, 2.24) is 9.97 Å². The van der Waals surface area contributed by atoms with Crippen molar-refractivity contribution in [2.75, 3.05) is 41.3 Å². The van der Waals surface area contributed by atoms with Gasteiger partial charge < -0.3 is 15.1 Å². The molecule has 0 atom stereocenters. The van der Waals surface area contributed by atoms with Crippen molar-refractivity contribution in [2.45, 2.75) is 13.8 Å². The highest BCUT2D eigenvalue weighted by atomic mass is 15.3. The van der Waals surface area contributed by atoms with E-state index in [1.54, 1.807) is 0 Å². The lowest BCUT2D eigenvalue weighted by atomic mass is 10.1. The number of nitrogens with zero attached hydrogens (tertiary/aromatic N) is 4. The second kappa shape index (κ2) is 7.66. The lowest BCUT2D eigenvalue weighted by Crippen LogP contribution is -2.47. The second-order valence-electron chi connectivity index (χ2n) is 6.99. The van der Waals surface area contributed by atoms with Gasteiger partial charge in [-0.1, -0.05) is 30.3 Å². The summed E-state index contributed by atoms with van der Waals surface area (Å²) in [4.78, 5) is 13.9. The molecule has 4 rings (SSSR count). The van der Waals surface area contributed by atoms with Crippen LogP contribution in [0.5, 0.6) is 0 Å². The number of piperazine rings is 1. The van der Waals surface area contributed by atoms with Crippen molar-refractivity contribution in [1.29, 1.82) is 0 Å². The van der Waals surface area contributed by atoms with Crippen LogP contribution in [0, 0.1) is 13.8 Å². The van der Waals surface area contributed by atoms with E-state index in [-0.39, 0.29) is 0 Å². The Morgan fingerprint density at radius 1 is 0.852 bits per heavy atom. The zero-order valence-corrected chi connectivity index (χ0v) is 15.9. The van der Waals surface area contributed by atoms with Crippen molar-refractivity contribution in [3.05, 3.63) is 71.9 Å². The highest BCUT2D eigenvalue weighted by Gasteiger charge is 2.19. The van der Waals surface area contributed by atoms with Crippen LogP contribution in [-0.4, -0.2) is 36.1 Å². The van der Waals surface area contributed by atoms with Gasteiger partial charge in [0.15, 0.2) is 0 Å². The molecule has 0 amide bonds. The number of rotatable bonds is 4. The topological polar surface area (TPSA) is 44.3 Å². The Balaban J connectivity index is 1.45. The highest BCUT2D eigenvalue weighted by molar-refractivity contribution is 5.62. The van der Waals surface area contributed by atoms with Crippen molar-refractivity contribution in [3.8, 4) is 0 Å². The Morgan fingerprint density at radius 3 is 2.37 bits per heavy atom. The van der Waals surface area contributed by atoms with E-state index < -0.39 is 0 Å². The summed E-state index contributed by atoms with van der Waals surface area (Å²) >= 11 is 0. The number of para-hydroxylation sites is 1. The van der Waals surface area contributed by atoms with Gasteiger partial charge in [0.2, 0.25) is 5.95 Å². The van der Waals surface area contributed by atoms with Crippen molar-refractivity contribution < 1.29 is 0 Å². The Labute approximate surface area is 160 Å². The molecule has 0 unspecified atom stereocenters. The van der Waals surface area contributed by atoms with Crippen molar-refractivity contribution >= 4 is 23.1 Å². The number of aromatic nitrogens is 2. The summed E-state index contributed by atoms with van der Waals surface area (Å²) < 4.78 is 0. The molecule has 5 nitrogen and oxygen atoms in total. The summed E-state index contributed by atoms with van der Waals surface area (Å²) in [6.07, 6.45) is 1.83. The molecule has 2 aromatic carbocycles. The van der Waals surface area contributed by atoms with Crippen LogP contribution in [0.4, 0.5) is 23.1 Å². The molecular weight excluding hydrogens is 334 g/mol. The molecule has 1 N–H and O–H groups in total. The summed E-state index contributed by atoms with van der Waals surface area (Å²) in [5.74, 6) is 1.62. The maximum Gasteiger partial charge on any atom is 0.227 e. The molecule has 1 aliphatic heterocycles. The lowest BCUT2D eigenvalue weighted by molar-refractivity contribution is 0.640. The summed E-state index contributed by atoms with van der Waals surface area (Å²) in [6.45, 7) is 7.99. The normalized spacial score (nSPS) is 14.3. The predicted octanol–water partition coefficient (Wildman–Crippen LogP) is 4.16. The molecular formula is C22H25N5. The third kappa shape index (κ3) is 4.03. The van der Waals surface area contributed by atoms with E-state index in [1.807, 2.05) is 12.3 Å². The minimum Gasteiger partial charge on any atom is -0.368 e. The quantitative estimate of drug-likeness (QED) is 0.758. The molecule has 1 fully saturated rings. The Bertz CT molecular complexity index is 902. The van der Waals surface area contributed by atoms with Gasteiger partial charge in [0.1, 0.15) is 5.82 Å². The molecule has 138 valence electrons. The third-order valence-electron chi connectivity index (χ3n) is 4.98. The van der Waals surface area contributed by atoms with E-state index in [9.17, 15) is 0 Å². The molecule has 2 heterocycles. The van der Waals surface area contributed by atoms with Crippen LogP contribution < -0.4 is 15.1 Å². The monoisotopic (exact) mass is 359 g/mol. The minimum absolute atomic E-state index is 0.790.